The minimum absolute atomic E-state index is 0.272. The van der Waals surface area contributed by atoms with Gasteiger partial charge in [-0.3, -0.25) is 4.79 Å². The summed E-state index contributed by atoms with van der Waals surface area (Å²) in [6, 6.07) is 13.5. The number of nitrogens with one attached hydrogen (secondary N) is 2. The van der Waals surface area contributed by atoms with Crippen molar-refractivity contribution < 1.29 is 18.7 Å². The molecule has 0 aliphatic rings. The van der Waals surface area contributed by atoms with Gasteiger partial charge in [0.05, 0.1) is 17.8 Å². The number of hydrogen-bond acceptors (Lipinski definition) is 6. The largest absolute Gasteiger partial charge is 0.469 e. The van der Waals surface area contributed by atoms with E-state index in [0.29, 0.717) is 53.0 Å². The molecule has 29 heavy (non-hydrogen) atoms. The maximum absolute atomic E-state index is 12.1. The first-order valence-electron chi connectivity index (χ1n) is 8.87. The van der Waals surface area contributed by atoms with E-state index in [9.17, 15) is 9.59 Å². The van der Waals surface area contributed by atoms with Gasteiger partial charge in [0.25, 0.3) is 0 Å². The highest BCUT2D eigenvalue weighted by Crippen LogP contribution is 2.22. The van der Waals surface area contributed by atoms with Gasteiger partial charge < -0.3 is 19.8 Å². The molecule has 0 saturated carbocycles. The van der Waals surface area contributed by atoms with Crippen LogP contribution in [0.4, 0.5) is 16.2 Å². The number of benzene rings is 2. The SMILES string of the molecule is COC(=O)CCCc1nnc(-c2ccc(NC(=O)Nc3ccccc3Cl)cc2)o1. The molecule has 0 bridgehead atoms. The molecule has 3 rings (SSSR count). The van der Waals surface area contributed by atoms with E-state index >= 15 is 0 Å². The first kappa shape index (κ1) is 20.3. The number of hydrogen-bond donors (Lipinski definition) is 2. The maximum atomic E-state index is 12.1. The van der Waals surface area contributed by atoms with Crippen molar-refractivity contribution in [2.24, 2.45) is 0 Å². The van der Waals surface area contributed by atoms with Crippen LogP contribution >= 0.6 is 11.6 Å². The summed E-state index contributed by atoms with van der Waals surface area (Å²) < 4.78 is 10.2. The molecule has 0 fully saturated rings. The molecule has 2 N–H and O–H groups in total. The summed E-state index contributed by atoms with van der Waals surface area (Å²) in [5.74, 6) is 0.543. The van der Waals surface area contributed by atoms with Crippen molar-refractivity contribution in [3.63, 3.8) is 0 Å². The van der Waals surface area contributed by atoms with E-state index in [1.807, 2.05) is 0 Å². The number of para-hydroxylation sites is 1. The lowest BCUT2D eigenvalue weighted by atomic mass is 10.2. The maximum Gasteiger partial charge on any atom is 0.323 e. The smallest absolute Gasteiger partial charge is 0.323 e. The molecule has 2 amide bonds. The zero-order valence-corrected chi connectivity index (χ0v) is 16.4. The van der Waals surface area contributed by atoms with Gasteiger partial charge in [-0.15, -0.1) is 10.2 Å². The Bertz CT molecular complexity index is 988. The molecule has 1 aromatic heterocycles. The number of carbonyl (C=O) groups excluding carboxylic acids is 2. The summed E-state index contributed by atoms with van der Waals surface area (Å²) >= 11 is 6.03. The second-order valence-electron chi connectivity index (χ2n) is 6.07. The Labute approximate surface area is 172 Å². The van der Waals surface area contributed by atoms with Crippen LogP contribution in [0.1, 0.15) is 18.7 Å². The number of esters is 1. The third kappa shape index (κ3) is 5.79. The van der Waals surface area contributed by atoms with Crippen LogP contribution in [-0.2, 0) is 16.0 Å². The number of carbonyl (C=O) groups is 2. The van der Waals surface area contributed by atoms with Gasteiger partial charge in [0.15, 0.2) is 0 Å². The van der Waals surface area contributed by atoms with Crippen LogP contribution < -0.4 is 10.6 Å². The van der Waals surface area contributed by atoms with Crippen LogP contribution in [-0.4, -0.2) is 29.3 Å². The second-order valence-corrected chi connectivity index (χ2v) is 6.47. The zero-order valence-electron chi connectivity index (χ0n) is 15.6. The molecule has 9 heteroatoms. The van der Waals surface area contributed by atoms with Gasteiger partial charge in [0, 0.05) is 24.1 Å². The minimum Gasteiger partial charge on any atom is -0.469 e. The minimum atomic E-state index is -0.406. The van der Waals surface area contributed by atoms with Crippen LogP contribution in [0.5, 0.6) is 0 Å². The summed E-state index contributed by atoms with van der Waals surface area (Å²) in [6.45, 7) is 0. The zero-order chi connectivity index (χ0) is 20.6. The molecular weight excluding hydrogens is 396 g/mol. The summed E-state index contributed by atoms with van der Waals surface area (Å²) in [5.41, 5.74) is 1.83. The van der Waals surface area contributed by atoms with Crippen molar-refractivity contribution in [2.75, 3.05) is 17.7 Å². The highest BCUT2D eigenvalue weighted by atomic mass is 35.5. The first-order valence-corrected chi connectivity index (χ1v) is 9.25. The Morgan fingerprint density at radius 3 is 2.55 bits per heavy atom. The molecule has 150 valence electrons. The Balaban J connectivity index is 1.55. The number of halogens is 1. The molecule has 0 unspecified atom stereocenters. The lowest BCUT2D eigenvalue weighted by Gasteiger charge is -2.09. The first-order chi connectivity index (χ1) is 14.0. The normalized spacial score (nSPS) is 10.4. The van der Waals surface area contributed by atoms with Gasteiger partial charge in [-0.1, -0.05) is 23.7 Å². The highest BCUT2D eigenvalue weighted by molar-refractivity contribution is 6.33. The fourth-order valence-electron chi connectivity index (χ4n) is 2.50. The van der Waals surface area contributed by atoms with Crippen LogP contribution in [0.15, 0.2) is 52.9 Å². The fraction of sp³-hybridized carbons (Fsp3) is 0.200. The Hall–Kier alpha value is -3.39. The molecule has 0 saturated heterocycles. The predicted molar refractivity (Wildman–Crippen MR) is 109 cm³/mol. The van der Waals surface area contributed by atoms with E-state index in [-0.39, 0.29) is 5.97 Å². The lowest BCUT2D eigenvalue weighted by Crippen LogP contribution is -2.19. The van der Waals surface area contributed by atoms with Crippen molar-refractivity contribution in [1.82, 2.24) is 10.2 Å². The van der Waals surface area contributed by atoms with E-state index in [1.165, 1.54) is 7.11 Å². The van der Waals surface area contributed by atoms with Gasteiger partial charge in [0.1, 0.15) is 0 Å². The average Bonchev–Trinajstić information content (AvgIpc) is 3.19. The predicted octanol–water partition coefficient (Wildman–Crippen LogP) is 4.53. The monoisotopic (exact) mass is 414 g/mol. The number of methoxy groups -OCH3 is 1. The molecule has 3 aromatic rings. The number of anilines is 2. The number of amides is 2. The summed E-state index contributed by atoms with van der Waals surface area (Å²) in [4.78, 5) is 23.2. The topological polar surface area (TPSA) is 106 Å². The van der Waals surface area contributed by atoms with E-state index < -0.39 is 6.03 Å². The van der Waals surface area contributed by atoms with E-state index in [0.717, 1.165) is 0 Å². The van der Waals surface area contributed by atoms with E-state index in [4.69, 9.17) is 16.0 Å². The van der Waals surface area contributed by atoms with Gasteiger partial charge in [-0.05, 0) is 42.8 Å². The van der Waals surface area contributed by atoms with Crippen molar-refractivity contribution in [2.45, 2.75) is 19.3 Å². The summed E-state index contributed by atoms with van der Waals surface area (Å²) in [6.07, 6.45) is 1.35. The van der Waals surface area contributed by atoms with Crippen molar-refractivity contribution in [1.29, 1.82) is 0 Å². The average molecular weight is 415 g/mol. The molecule has 0 spiro atoms. The number of nitrogens with zero attached hydrogens (tertiary/aromatic N) is 2. The molecule has 1 heterocycles. The number of aromatic nitrogens is 2. The van der Waals surface area contributed by atoms with Gasteiger partial charge >= 0.3 is 12.0 Å². The van der Waals surface area contributed by atoms with Crippen molar-refractivity contribution >= 4 is 35.0 Å². The Kier molecular flexibility index (Phi) is 6.80. The van der Waals surface area contributed by atoms with Gasteiger partial charge in [-0.25, -0.2) is 4.79 Å². The molecule has 8 nitrogen and oxygen atoms in total. The van der Waals surface area contributed by atoms with Crippen LogP contribution in [0.25, 0.3) is 11.5 Å². The molecule has 0 aliphatic carbocycles. The Morgan fingerprint density at radius 1 is 1.07 bits per heavy atom. The number of rotatable bonds is 7. The van der Waals surface area contributed by atoms with E-state index in [2.05, 4.69) is 25.6 Å². The van der Waals surface area contributed by atoms with Crippen LogP contribution in [0, 0.1) is 0 Å². The molecule has 0 atom stereocenters. The molecule has 0 radical (unpaired) electrons. The third-order valence-corrected chi connectivity index (χ3v) is 4.31. The number of urea groups is 1. The number of ether oxygens (including phenoxy) is 1. The third-order valence-electron chi connectivity index (χ3n) is 3.98. The second kappa shape index (κ2) is 9.70. The molecule has 2 aromatic carbocycles. The molecule has 0 aliphatic heterocycles. The van der Waals surface area contributed by atoms with Crippen LogP contribution in [0.2, 0.25) is 5.02 Å². The van der Waals surface area contributed by atoms with Gasteiger partial charge in [0.2, 0.25) is 11.8 Å². The summed E-state index contributed by atoms with van der Waals surface area (Å²) in [7, 11) is 1.35. The Morgan fingerprint density at radius 2 is 1.83 bits per heavy atom. The lowest BCUT2D eigenvalue weighted by molar-refractivity contribution is -0.140. The fourth-order valence-corrected chi connectivity index (χ4v) is 2.68. The summed E-state index contributed by atoms with van der Waals surface area (Å²) in [5, 5.41) is 13.9. The number of aryl methyl sites for hydroxylation is 1. The van der Waals surface area contributed by atoms with Crippen LogP contribution in [0.3, 0.4) is 0 Å². The molecular formula is C20H19ClN4O4. The van der Waals surface area contributed by atoms with E-state index in [1.54, 1.807) is 48.5 Å². The quantitative estimate of drug-likeness (QED) is 0.550. The highest BCUT2D eigenvalue weighted by Gasteiger charge is 2.11. The standard InChI is InChI=1S/C20H19ClN4O4/c1-28-18(26)8-4-7-17-24-25-19(29-17)13-9-11-14(12-10-13)22-20(27)23-16-6-3-2-5-15(16)21/h2-3,5-6,9-12H,4,7-8H2,1H3,(H2,22,23,27). The van der Waals surface area contributed by atoms with Crippen molar-refractivity contribution in [3.8, 4) is 11.5 Å². The van der Waals surface area contributed by atoms with Crippen molar-refractivity contribution in [3.05, 3.63) is 59.4 Å². The van der Waals surface area contributed by atoms with Gasteiger partial charge in [-0.2, -0.15) is 0 Å².